The van der Waals surface area contributed by atoms with E-state index >= 15 is 0 Å². The van der Waals surface area contributed by atoms with Crippen molar-refractivity contribution in [2.75, 3.05) is 19.6 Å². The first-order valence-corrected chi connectivity index (χ1v) is 8.20. The summed E-state index contributed by atoms with van der Waals surface area (Å²) in [5.74, 6) is 1.80. The topological polar surface area (TPSA) is 77.0 Å². The Morgan fingerprint density at radius 2 is 2.09 bits per heavy atom. The van der Waals surface area contributed by atoms with Crippen molar-refractivity contribution >= 4 is 5.91 Å². The van der Waals surface area contributed by atoms with Crippen LogP contribution in [-0.4, -0.2) is 45.4 Å². The second kappa shape index (κ2) is 5.77. The van der Waals surface area contributed by atoms with Gasteiger partial charge in [-0.3, -0.25) is 9.48 Å². The summed E-state index contributed by atoms with van der Waals surface area (Å²) in [6.45, 7) is 2.74. The van der Waals surface area contributed by atoms with Crippen LogP contribution in [0.3, 0.4) is 0 Å². The molecule has 0 spiro atoms. The smallest absolute Gasteiger partial charge is 0.276 e. The number of likely N-dealkylation sites (tertiary alicyclic amines) is 1. The van der Waals surface area contributed by atoms with E-state index < -0.39 is 0 Å². The zero-order chi connectivity index (χ0) is 15.8. The average molecular weight is 311 g/mol. The van der Waals surface area contributed by atoms with Crippen LogP contribution in [0.5, 0.6) is 0 Å². The molecule has 1 saturated heterocycles. The molecule has 2 heterocycles. The van der Waals surface area contributed by atoms with E-state index in [0.29, 0.717) is 36.5 Å². The Hall–Kier alpha value is -2.21. The molecule has 4 rings (SSSR count). The summed E-state index contributed by atoms with van der Waals surface area (Å²) >= 11 is 0. The van der Waals surface area contributed by atoms with Crippen molar-refractivity contribution < 1.29 is 4.79 Å². The molecule has 1 aromatic heterocycles. The lowest BCUT2D eigenvalue weighted by molar-refractivity contribution is 0.0781. The summed E-state index contributed by atoms with van der Waals surface area (Å²) in [5, 5.41) is 7.95. The standard InChI is InChI=1S/C17H21N5O/c18-6-7-22-11-16(19-20-22)17(23)21-9-13-8-14(15(13)10-21)12-4-2-1-3-5-12/h1-5,11,13-15H,6-10,18H2/t13-,14-,15+/m0/s1. The number of rotatable bonds is 4. The molecule has 2 aromatic rings. The van der Waals surface area contributed by atoms with Crippen molar-refractivity contribution in [2.24, 2.45) is 17.6 Å². The van der Waals surface area contributed by atoms with Gasteiger partial charge in [-0.1, -0.05) is 35.5 Å². The molecule has 1 aliphatic carbocycles. The van der Waals surface area contributed by atoms with Gasteiger partial charge < -0.3 is 10.6 Å². The number of hydrogen-bond donors (Lipinski definition) is 1. The minimum absolute atomic E-state index is 0.00511. The molecular formula is C17H21N5O. The minimum atomic E-state index is -0.00511. The highest BCUT2D eigenvalue weighted by Gasteiger charge is 2.48. The predicted molar refractivity (Wildman–Crippen MR) is 85.8 cm³/mol. The van der Waals surface area contributed by atoms with Gasteiger partial charge in [0.15, 0.2) is 5.69 Å². The zero-order valence-corrected chi connectivity index (χ0v) is 13.0. The van der Waals surface area contributed by atoms with Gasteiger partial charge in [-0.25, -0.2) is 0 Å². The molecule has 1 aromatic carbocycles. The molecule has 1 aliphatic heterocycles. The number of carbonyl (C=O) groups is 1. The summed E-state index contributed by atoms with van der Waals surface area (Å²) in [4.78, 5) is 14.5. The quantitative estimate of drug-likeness (QED) is 0.917. The number of nitrogens with zero attached hydrogens (tertiary/aromatic N) is 4. The van der Waals surface area contributed by atoms with Crippen molar-refractivity contribution in [3.05, 3.63) is 47.8 Å². The maximum Gasteiger partial charge on any atom is 0.276 e. The Labute approximate surface area is 135 Å². The van der Waals surface area contributed by atoms with Gasteiger partial charge in [-0.05, 0) is 29.7 Å². The maximum atomic E-state index is 12.6. The van der Waals surface area contributed by atoms with E-state index in [-0.39, 0.29) is 5.91 Å². The number of fused-ring (bicyclic) bond motifs is 1. The van der Waals surface area contributed by atoms with Crippen molar-refractivity contribution in [3.8, 4) is 0 Å². The fraction of sp³-hybridized carbons (Fsp3) is 0.471. The third kappa shape index (κ3) is 2.53. The SMILES string of the molecule is NCCn1cc(C(=O)N2C[C@@H]3C[C@@H](c4ccccc4)[C@@H]3C2)nn1. The van der Waals surface area contributed by atoms with Gasteiger partial charge in [-0.2, -0.15) is 0 Å². The molecule has 0 radical (unpaired) electrons. The Balaban J connectivity index is 1.43. The van der Waals surface area contributed by atoms with Crippen LogP contribution in [0.2, 0.25) is 0 Å². The highest BCUT2D eigenvalue weighted by molar-refractivity contribution is 5.92. The summed E-state index contributed by atoms with van der Waals surface area (Å²) in [7, 11) is 0. The Kier molecular flexibility index (Phi) is 3.61. The first-order valence-electron chi connectivity index (χ1n) is 8.20. The largest absolute Gasteiger partial charge is 0.337 e. The monoisotopic (exact) mass is 311 g/mol. The molecule has 1 amide bonds. The van der Waals surface area contributed by atoms with Crippen LogP contribution in [0.4, 0.5) is 0 Å². The number of amides is 1. The summed E-state index contributed by atoms with van der Waals surface area (Å²) < 4.78 is 1.63. The molecule has 6 heteroatoms. The van der Waals surface area contributed by atoms with Crippen molar-refractivity contribution in [2.45, 2.75) is 18.9 Å². The molecule has 0 unspecified atom stereocenters. The van der Waals surface area contributed by atoms with E-state index in [2.05, 4.69) is 40.6 Å². The summed E-state index contributed by atoms with van der Waals surface area (Å²) in [6.07, 6.45) is 2.88. The van der Waals surface area contributed by atoms with E-state index in [0.717, 1.165) is 13.1 Å². The van der Waals surface area contributed by atoms with Gasteiger partial charge >= 0.3 is 0 Å². The van der Waals surface area contributed by atoms with E-state index in [4.69, 9.17) is 5.73 Å². The molecular weight excluding hydrogens is 290 g/mol. The Morgan fingerprint density at radius 3 is 2.87 bits per heavy atom. The van der Waals surface area contributed by atoms with Crippen LogP contribution in [0.15, 0.2) is 36.5 Å². The number of carbonyl (C=O) groups excluding carboxylic acids is 1. The van der Waals surface area contributed by atoms with Crippen LogP contribution in [0.1, 0.15) is 28.4 Å². The van der Waals surface area contributed by atoms with Crippen LogP contribution < -0.4 is 5.73 Å². The van der Waals surface area contributed by atoms with Crippen LogP contribution in [0, 0.1) is 11.8 Å². The second-order valence-corrected chi connectivity index (χ2v) is 6.54. The number of nitrogens with two attached hydrogens (primary N) is 1. The fourth-order valence-corrected chi connectivity index (χ4v) is 3.96. The van der Waals surface area contributed by atoms with Crippen molar-refractivity contribution in [1.29, 1.82) is 0 Å². The number of aromatic nitrogens is 3. The highest BCUT2D eigenvalue weighted by Crippen LogP contribution is 2.51. The zero-order valence-electron chi connectivity index (χ0n) is 13.0. The minimum Gasteiger partial charge on any atom is -0.337 e. The lowest BCUT2D eigenvalue weighted by atomic mass is 9.64. The second-order valence-electron chi connectivity index (χ2n) is 6.54. The van der Waals surface area contributed by atoms with Gasteiger partial charge in [0, 0.05) is 19.6 Å². The molecule has 0 bridgehead atoms. The maximum absolute atomic E-state index is 12.6. The molecule has 2 fully saturated rings. The molecule has 3 atom stereocenters. The first-order chi connectivity index (χ1) is 11.3. The van der Waals surface area contributed by atoms with Crippen LogP contribution in [0.25, 0.3) is 0 Å². The van der Waals surface area contributed by atoms with Crippen LogP contribution in [-0.2, 0) is 6.54 Å². The molecule has 1 saturated carbocycles. The van der Waals surface area contributed by atoms with E-state index in [1.165, 1.54) is 12.0 Å². The van der Waals surface area contributed by atoms with Crippen molar-refractivity contribution in [3.63, 3.8) is 0 Å². The summed E-state index contributed by atoms with van der Waals surface area (Å²) in [5.41, 5.74) is 7.33. The molecule has 6 nitrogen and oxygen atoms in total. The van der Waals surface area contributed by atoms with E-state index in [1.807, 2.05) is 4.90 Å². The molecule has 23 heavy (non-hydrogen) atoms. The lowest BCUT2D eigenvalue weighted by Crippen LogP contribution is -2.33. The van der Waals surface area contributed by atoms with Gasteiger partial charge in [0.25, 0.3) is 5.91 Å². The van der Waals surface area contributed by atoms with Gasteiger partial charge in [0.05, 0.1) is 12.7 Å². The number of hydrogen-bond acceptors (Lipinski definition) is 4. The van der Waals surface area contributed by atoms with E-state index in [9.17, 15) is 4.79 Å². The van der Waals surface area contributed by atoms with Gasteiger partial charge in [0.1, 0.15) is 0 Å². The highest BCUT2D eigenvalue weighted by atomic mass is 16.2. The summed E-state index contributed by atoms with van der Waals surface area (Å²) in [6, 6.07) is 10.6. The number of benzene rings is 1. The average Bonchev–Trinajstić information content (AvgIpc) is 3.14. The van der Waals surface area contributed by atoms with Gasteiger partial charge in [-0.15, -0.1) is 5.10 Å². The van der Waals surface area contributed by atoms with Crippen LogP contribution >= 0.6 is 0 Å². The Bertz CT molecular complexity index is 698. The third-order valence-corrected chi connectivity index (χ3v) is 5.20. The predicted octanol–water partition coefficient (Wildman–Crippen LogP) is 1.11. The van der Waals surface area contributed by atoms with Crippen molar-refractivity contribution in [1.82, 2.24) is 19.9 Å². The lowest BCUT2D eigenvalue weighted by Gasteiger charge is -2.39. The molecule has 2 aliphatic rings. The fourth-order valence-electron chi connectivity index (χ4n) is 3.96. The Morgan fingerprint density at radius 1 is 1.26 bits per heavy atom. The first kappa shape index (κ1) is 14.4. The third-order valence-electron chi connectivity index (χ3n) is 5.20. The van der Waals surface area contributed by atoms with Gasteiger partial charge in [0.2, 0.25) is 0 Å². The van der Waals surface area contributed by atoms with E-state index in [1.54, 1.807) is 10.9 Å². The molecule has 120 valence electrons. The molecule has 2 N–H and O–H groups in total. The normalized spacial score (nSPS) is 26.0.